The number of ether oxygens (including phenoxy) is 1. The summed E-state index contributed by atoms with van der Waals surface area (Å²) >= 11 is 1.45. The first-order chi connectivity index (χ1) is 12.1. The lowest BCUT2D eigenvalue weighted by Crippen LogP contribution is -2.19. The number of ketones is 1. The predicted molar refractivity (Wildman–Crippen MR) is 98.0 cm³/mol. The highest BCUT2D eigenvalue weighted by molar-refractivity contribution is 7.16. The number of rotatable bonds is 5. The van der Waals surface area contributed by atoms with Gasteiger partial charge in [-0.15, -0.1) is 0 Å². The topological polar surface area (TPSA) is 60.7 Å². The van der Waals surface area contributed by atoms with E-state index in [0.29, 0.717) is 29.1 Å². The molecule has 6 heteroatoms. The number of carbonyl (C=O) groups is 2. The zero-order chi connectivity index (χ0) is 17.8. The molecule has 0 aliphatic carbocycles. The van der Waals surface area contributed by atoms with E-state index in [1.54, 1.807) is 31.4 Å². The molecule has 0 fully saturated rings. The fourth-order valence-corrected chi connectivity index (χ4v) is 3.68. The van der Waals surface area contributed by atoms with Gasteiger partial charge >= 0.3 is 0 Å². The molecule has 5 nitrogen and oxygen atoms in total. The van der Waals surface area contributed by atoms with Crippen molar-refractivity contribution in [1.82, 2.24) is 4.57 Å². The van der Waals surface area contributed by atoms with E-state index in [9.17, 15) is 9.59 Å². The first-order valence-corrected chi connectivity index (χ1v) is 8.70. The predicted octanol–water partition coefficient (Wildman–Crippen LogP) is 3.29. The number of hydrogen-bond donors (Lipinski definition) is 0. The van der Waals surface area contributed by atoms with Crippen molar-refractivity contribution in [3.63, 3.8) is 0 Å². The normalized spacial score (nSPS) is 11.8. The third-order valence-corrected chi connectivity index (χ3v) is 4.90. The first-order valence-electron chi connectivity index (χ1n) is 7.88. The minimum absolute atomic E-state index is 0.150. The van der Waals surface area contributed by atoms with E-state index in [2.05, 4.69) is 4.99 Å². The molecule has 0 N–H and O–H groups in total. The van der Waals surface area contributed by atoms with E-state index < -0.39 is 5.91 Å². The van der Waals surface area contributed by atoms with Crippen molar-refractivity contribution in [3.8, 4) is 0 Å². The number of amides is 1. The highest BCUT2D eigenvalue weighted by Crippen LogP contribution is 2.17. The Bertz CT molecular complexity index is 1000. The number of hydrogen-bond acceptors (Lipinski definition) is 4. The lowest BCUT2D eigenvalue weighted by molar-refractivity contribution is 0.0972. The molecule has 0 aliphatic rings. The summed E-state index contributed by atoms with van der Waals surface area (Å²) in [6.07, 6.45) is 0. The van der Waals surface area contributed by atoms with Crippen molar-refractivity contribution in [2.45, 2.75) is 13.5 Å². The molecule has 0 saturated heterocycles. The molecule has 0 spiro atoms. The Balaban J connectivity index is 2.12. The molecule has 1 amide bonds. The van der Waals surface area contributed by atoms with Gasteiger partial charge in [-0.05, 0) is 25.1 Å². The molecule has 1 aromatic heterocycles. The van der Waals surface area contributed by atoms with Crippen LogP contribution in [0.4, 0.5) is 0 Å². The molecule has 3 aromatic rings. The molecule has 1 heterocycles. The number of nitrogens with zero attached hydrogens (tertiary/aromatic N) is 2. The SMILES string of the molecule is COCCn1/c(=N/C(=O)c2ccccc2C(C)=O)sc2ccccc21. The number of methoxy groups -OCH3 is 1. The van der Waals surface area contributed by atoms with Crippen molar-refractivity contribution >= 4 is 33.2 Å². The van der Waals surface area contributed by atoms with Crippen molar-refractivity contribution in [2.24, 2.45) is 4.99 Å². The summed E-state index contributed by atoms with van der Waals surface area (Å²) in [7, 11) is 1.64. The molecule has 0 radical (unpaired) electrons. The van der Waals surface area contributed by atoms with Crippen LogP contribution in [0.1, 0.15) is 27.6 Å². The van der Waals surface area contributed by atoms with Gasteiger partial charge in [0.2, 0.25) is 0 Å². The molecule has 2 aromatic carbocycles. The zero-order valence-electron chi connectivity index (χ0n) is 14.1. The monoisotopic (exact) mass is 354 g/mol. The average Bonchev–Trinajstić information content (AvgIpc) is 2.96. The molecule has 0 atom stereocenters. The Hall–Kier alpha value is -2.57. The van der Waals surface area contributed by atoms with Gasteiger partial charge < -0.3 is 9.30 Å². The summed E-state index contributed by atoms with van der Waals surface area (Å²) in [5, 5.41) is 0. The van der Waals surface area contributed by atoms with Crippen molar-refractivity contribution in [3.05, 3.63) is 64.5 Å². The van der Waals surface area contributed by atoms with E-state index in [0.717, 1.165) is 10.2 Å². The second kappa shape index (κ2) is 7.55. The van der Waals surface area contributed by atoms with Crippen LogP contribution in [-0.4, -0.2) is 30.0 Å². The molecule has 0 bridgehead atoms. The Kier molecular flexibility index (Phi) is 5.21. The number of Topliss-reactive ketones (excluding diaryl/α,β-unsaturated/α-hetero) is 1. The van der Waals surface area contributed by atoms with Gasteiger partial charge in [0.05, 0.1) is 22.4 Å². The number of carbonyl (C=O) groups excluding carboxylic acids is 2. The number of aromatic nitrogens is 1. The molecule has 25 heavy (non-hydrogen) atoms. The number of benzene rings is 2. The maximum atomic E-state index is 12.7. The first kappa shape index (κ1) is 17.3. The Morgan fingerprint density at radius 3 is 2.48 bits per heavy atom. The van der Waals surface area contributed by atoms with Crippen LogP contribution in [-0.2, 0) is 11.3 Å². The van der Waals surface area contributed by atoms with Gasteiger partial charge in [-0.25, -0.2) is 0 Å². The average molecular weight is 354 g/mol. The van der Waals surface area contributed by atoms with E-state index in [1.165, 1.54) is 18.3 Å². The second-order valence-corrected chi connectivity index (χ2v) is 6.52. The molecule has 0 aliphatic heterocycles. The van der Waals surface area contributed by atoms with Crippen molar-refractivity contribution in [2.75, 3.05) is 13.7 Å². The largest absolute Gasteiger partial charge is 0.383 e. The standard InChI is InChI=1S/C19H18N2O3S/c1-13(22)14-7-3-4-8-15(14)18(23)20-19-21(11-12-24-2)16-9-5-6-10-17(16)25-19/h3-10H,11-12H2,1-2H3/b20-19-. The number of para-hydroxylation sites is 1. The fraction of sp³-hybridized carbons (Fsp3) is 0.211. The zero-order valence-corrected chi connectivity index (χ0v) is 14.9. The van der Waals surface area contributed by atoms with Crippen LogP contribution >= 0.6 is 11.3 Å². The Morgan fingerprint density at radius 2 is 1.76 bits per heavy atom. The molecule has 0 saturated carbocycles. The minimum Gasteiger partial charge on any atom is -0.383 e. The lowest BCUT2D eigenvalue weighted by atomic mass is 10.0. The molecule has 3 rings (SSSR count). The van der Waals surface area contributed by atoms with E-state index in [-0.39, 0.29) is 5.78 Å². The highest BCUT2D eigenvalue weighted by Gasteiger charge is 2.14. The fourth-order valence-electron chi connectivity index (χ4n) is 2.63. The summed E-state index contributed by atoms with van der Waals surface area (Å²) in [6, 6.07) is 14.7. The Morgan fingerprint density at radius 1 is 1.08 bits per heavy atom. The van der Waals surface area contributed by atoms with E-state index in [1.807, 2.05) is 28.8 Å². The quantitative estimate of drug-likeness (QED) is 0.661. The van der Waals surface area contributed by atoms with E-state index in [4.69, 9.17) is 4.74 Å². The smallest absolute Gasteiger partial charge is 0.280 e. The minimum atomic E-state index is -0.413. The lowest BCUT2D eigenvalue weighted by Gasteiger charge is -2.05. The van der Waals surface area contributed by atoms with Crippen LogP contribution in [0.2, 0.25) is 0 Å². The van der Waals surface area contributed by atoms with Gasteiger partial charge in [-0.2, -0.15) is 4.99 Å². The van der Waals surface area contributed by atoms with Crippen molar-refractivity contribution < 1.29 is 14.3 Å². The van der Waals surface area contributed by atoms with Crippen LogP contribution in [0.5, 0.6) is 0 Å². The van der Waals surface area contributed by atoms with Gasteiger partial charge in [0.15, 0.2) is 10.6 Å². The van der Waals surface area contributed by atoms with Gasteiger partial charge in [-0.1, -0.05) is 41.7 Å². The maximum absolute atomic E-state index is 12.7. The summed E-state index contributed by atoms with van der Waals surface area (Å²) in [5.74, 6) is -0.564. The third-order valence-electron chi connectivity index (χ3n) is 3.84. The van der Waals surface area contributed by atoms with Crippen LogP contribution in [0.15, 0.2) is 53.5 Å². The summed E-state index contributed by atoms with van der Waals surface area (Å²) in [5.41, 5.74) is 1.72. The van der Waals surface area contributed by atoms with Gasteiger partial charge in [-0.3, -0.25) is 9.59 Å². The molecular weight excluding hydrogens is 336 g/mol. The summed E-state index contributed by atoms with van der Waals surface area (Å²) < 4.78 is 8.19. The van der Waals surface area contributed by atoms with Gasteiger partial charge in [0, 0.05) is 19.2 Å². The number of thiazole rings is 1. The summed E-state index contributed by atoms with van der Waals surface area (Å²) in [6.45, 7) is 2.57. The third kappa shape index (κ3) is 3.60. The van der Waals surface area contributed by atoms with Crippen LogP contribution in [0, 0.1) is 0 Å². The van der Waals surface area contributed by atoms with E-state index >= 15 is 0 Å². The highest BCUT2D eigenvalue weighted by atomic mass is 32.1. The molecule has 0 unspecified atom stereocenters. The number of fused-ring (bicyclic) bond motifs is 1. The van der Waals surface area contributed by atoms with Crippen LogP contribution < -0.4 is 4.80 Å². The van der Waals surface area contributed by atoms with Crippen molar-refractivity contribution in [1.29, 1.82) is 0 Å². The van der Waals surface area contributed by atoms with Gasteiger partial charge in [0.25, 0.3) is 5.91 Å². The van der Waals surface area contributed by atoms with Crippen LogP contribution in [0.3, 0.4) is 0 Å². The summed E-state index contributed by atoms with van der Waals surface area (Å²) in [4.78, 5) is 29.3. The van der Waals surface area contributed by atoms with Gasteiger partial charge in [0.1, 0.15) is 0 Å². The molecular formula is C19H18N2O3S. The maximum Gasteiger partial charge on any atom is 0.280 e. The van der Waals surface area contributed by atoms with Crippen LogP contribution in [0.25, 0.3) is 10.2 Å². The molecule has 128 valence electrons. The second-order valence-electron chi connectivity index (χ2n) is 5.52. The Labute approximate surface area is 149 Å².